The van der Waals surface area contributed by atoms with Crippen LogP contribution in [0.3, 0.4) is 0 Å². The van der Waals surface area contributed by atoms with Gasteiger partial charge in [-0.15, -0.1) is 0 Å². The molecule has 0 saturated heterocycles. The molecule has 2 aromatic carbocycles. The van der Waals surface area contributed by atoms with Crippen LogP contribution in [0, 0.1) is 0 Å². The lowest BCUT2D eigenvalue weighted by atomic mass is 10.1. The maximum absolute atomic E-state index is 9.94. The normalized spacial score (nSPS) is 12.7. The van der Waals surface area contributed by atoms with Gasteiger partial charge in [0.15, 0.2) is 11.5 Å². The van der Waals surface area contributed by atoms with Crippen molar-refractivity contribution in [1.29, 1.82) is 0 Å². The predicted octanol–water partition coefficient (Wildman–Crippen LogP) is 2.26. The number of phenols is 4. The van der Waals surface area contributed by atoms with Crippen LogP contribution < -0.4 is 0 Å². The van der Waals surface area contributed by atoms with E-state index in [9.17, 15) is 25.5 Å². The van der Waals surface area contributed by atoms with Crippen LogP contribution in [0.15, 0.2) is 42.5 Å². The van der Waals surface area contributed by atoms with E-state index in [0.717, 1.165) is 6.07 Å². The molecule has 0 heterocycles. The van der Waals surface area contributed by atoms with E-state index in [1.165, 1.54) is 36.4 Å². The highest BCUT2D eigenvalue weighted by molar-refractivity contribution is 5.56. The Bertz CT molecular complexity index is 649. The van der Waals surface area contributed by atoms with Crippen molar-refractivity contribution in [3.63, 3.8) is 0 Å². The monoisotopic (exact) mass is 274 g/mol. The second kappa shape index (κ2) is 5.54. The van der Waals surface area contributed by atoms with Crippen LogP contribution in [-0.4, -0.2) is 25.5 Å². The van der Waals surface area contributed by atoms with Gasteiger partial charge >= 0.3 is 0 Å². The topological polar surface area (TPSA) is 101 Å². The summed E-state index contributed by atoms with van der Waals surface area (Å²) in [6.07, 6.45) is 1.89. The lowest BCUT2D eigenvalue weighted by Gasteiger charge is -2.08. The minimum atomic E-state index is -1.06. The summed E-state index contributed by atoms with van der Waals surface area (Å²) < 4.78 is 0. The molecule has 0 amide bonds. The number of rotatable bonds is 3. The number of aliphatic hydroxyl groups excluding tert-OH is 1. The van der Waals surface area contributed by atoms with Crippen molar-refractivity contribution in [2.45, 2.75) is 6.10 Å². The molecule has 5 nitrogen and oxygen atoms in total. The van der Waals surface area contributed by atoms with E-state index < -0.39 is 6.10 Å². The Kier molecular flexibility index (Phi) is 3.81. The molecule has 0 aromatic heterocycles. The fourth-order valence-corrected chi connectivity index (χ4v) is 1.73. The molecule has 0 fully saturated rings. The number of aromatic hydroxyl groups is 4. The second-order valence-corrected chi connectivity index (χ2v) is 4.30. The lowest BCUT2D eigenvalue weighted by molar-refractivity contribution is 0.224. The molecule has 104 valence electrons. The van der Waals surface area contributed by atoms with Crippen molar-refractivity contribution < 1.29 is 25.5 Å². The van der Waals surface area contributed by atoms with Gasteiger partial charge in [0.1, 0.15) is 17.6 Å². The van der Waals surface area contributed by atoms with Crippen LogP contribution in [0.1, 0.15) is 17.2 Å². The van der Waals surface area contributed by atoms with Gasteiger partial charge in [0.2, 0.25) is 0 Å². The number of aliphatic hydroxyl groups is 1. The molecule has 0 saturated carbocycles. The number of phenolic OH excluding ortho intramolecular Hbond substituents is 4. The molecular weight excluding hydrogens is 260 g/mol. The van der Waals surface area contributed by atoms with Gasteiger partial charge in [-0.05, 0) is 29.8 Å². The quantitative estimate of drug-likeness (QED) is 0.553. The third kappa shape index (κ3) is 3.02. The summed E-state index contributed by atoms with van der Waals surface area (Å²) in [5, 5.41) is 47.2. The van der Waals surface area contributed by atoms with Crippen LogP contribution in [0.5, 0.6) is 23.0 Å². The van der Waals surface area contributed by atoms with Crippen molar-refractivity contribution in [2.75, 3.05) is 0 Å². The summed E-state index contributed by atoms with van der Waals surface area (Å²) in [5.74, 6) is -0.783. The maximum Gasteiger partial charge on any atom is 0.157 e. The first-order valence-electron chi connectivity index (χ1n) is 5.87. The Morgan fingerprint density at radius 1 is 0.800 bits per heavy atom. The molecule has 5 heteroatoms. The maximum atomic E-state index is 9.94. The largest absolute Gasteiger partial charge is 0.508 e. The molecule has 5 N–H and O–H groups in total. The zero-order valence-corrected chi connectivity index (χ0v) is 10.4. The van der Waals surface area contributed by atoms with E-state index >= 15 is 0 Å². The van der Waals surface area contributed by atoms with Crippen molar-refractivity contribution in [3.05, 3.63) is 53.6 Å². The minimum absolute atomic E-state index is 0.0918. The zero-order chi connectivity index (χ0) is 14.7. The average Bonchev–Trinajstić information content (AvgIpc) is 2.40. The van der Waals surface area contributed by atoms with Crippen molar-refractivity contribution in [3.8, 4) is 23.0 Å². The first-order chi connectivity index (χ1) is 9.47. The number of benzene rings is 2. The Morgan fingerprint density at radius 2 is 1.55 bits per heavy atom. The highest BCUT2D eigenvalue weighted by Crippen LogP contribution is 2.30. The smallest absolute Gasteiger partial charge is 0.157 e. The summed E-state index contributed by atoms with van der Waals surface area (Å²) in [7, 11) is 0. The summed E-state index contributed by atoms with van der Waals surface area (Å²) in [6.45, 7) is 0. The highest BCUT2D eigenvalue weighted by Gasteiger charge is 2.09. The Balaban J connectivity index is 2.19. The van der Waals surface area contributed by atoms with E-state index in [-0.39, 0.29) is 28.6 Å². The van der Waals surface area contributed by atoms with E-state index in [2.05, 4.69) is 0 Å². The molecule has 0 radical (unpaired) electrons. The standard InChI is InChI=1S/C15H14O5/c16-10-3-4-11(14(19)8-10)12(17)5-1-9-2-6-13(18)15(20)7-9/h1-8,12,16-20H/b5-1+/t12-/m1/s1. The van der Waals surface area contributed by atoms with Crippen LogP contribution in [0.4, 0.5) is 0 Å². The molecule has 0 bridgehead atoms. The van der Waals surface area contributed by atoms with E-state index in [0.29, 0.717) is 5.56 Å². The molecule has 2 rings (SSSR count). The Labute approximate surface area is 115 Å². The van der Waals surface area contributed by atoms with Gasteiger partial charge in [-0.1, -0.05) is 18.2 Å². The summed E-state index contributed by atoms with van der Waals surface area (Å²) in [5.41, 5.74) is 0.833. The number of hydrogen-bond donors (Lipinski definition) is 5. The fraction of sp³-hybridized carbons (Fsp3) is 0.0667. The second-order valence-electron chi connectivity index (χ2n) is 4.30. The molecule has 1 atom stereocenters. The highest BCUT2D eigenvalue weighted by atomic mass is 16.3. The van der Waals surface area contributed by atoms with Gasteiger partial charge in [-0.25, -0.2) is 0 Å². The van der Waals surface area contributed by atoms with Gasteiger partial charge in [0.05, 0.1) is 0 Å². The molecule has 20 heavy (non-hydrogen) atoms. The average molecular weight is 274 g/mol. The van der Waals surface area contributed by atoms with E-state index in [4.69, 9.17) is 0 Å². The molecule has 2 aromatic rings. The Hall–Kier alpha value is -2.66. The number of hydrogen-bond acceptors (Lipinski definition) is 5. The molecule has 0 spiro atoms. The van der Waals surface area contributed by atoms with Crippen LogP contribution in [0.25, 0.3) is 6.08 Å². The van der Waals surface area contributed by atoms with Crippen molar-refractivity contribution in [2.24, 2.45) is 0 Å². The predicted molar refractivity (Wildman–Crippen MR) is 73.5 cm³/mol. The SMILES string of the molecule is Oc1ccc([C@H](O)/C=C/c2ccc(O)c(O)c2)c(O)c1. The van der Waals surface area contributed by atoms with Crippen molar-refractivity contribution >= 4 is 6.08 Å². The van der Waals surface area contributed by atoms with Crippen LogP contribution >= 0.6 is 0 Å². The molecule has 0 aliphatic heterocycles. The molecular formula is C15H14O5. The van der Waals surface area contributed by atoms with Gasteiger partial charge in [-0.2, -0.15) is 0 Å². The summed E-state index contributed by atoms with van der Waals surface area (Å²) in [4.78, 5) is 0. The van der Waals surface area contributed by atoms with Gasteiger partial charge in [0, 0.05) is 11.6 Å². The van der Waals surface area contributed by atoms with Gasteiger partial charge in [-0.3, -0.25) is 0 Å². The summed E-state index contributed by atoms with van der Waals surface area (Å²) in [6, 6.07) is 8.15. The van der Waals surface area contributed by atoms with Crippen LogP contribution in [0.2, 0.25) is 0 Å². The van der Waals surface area contributed by atoms with E-state index in [1.54, 1.807) is 6.07 Å². The van der Waals surface area contributed by atoms with Crippen molar-refractivity contribution in [1.82, 2.24) is 0 Å². The minimum Gasteiger partial charge on any atom is -0.508 e. The van der Waals surface area contributed by atoms with Gasteiger partial charge in [0.25, 0.3) is 0 Å². The summed E-state index contributed by atoms with van der Waals surface area (Å²) >= 11 is 0. The molecule has 0 aliphatic rings. The first kappa shape index (κ1) is 13.8. The third-order valence-electron chi connectivity index (χ3n) is 2.80. The molecule has 0 unspecified atom stereocenters. The fourth-order valence-electron chi connectivity index (χ4n) is 1.73. The molecule has 0 aliphatic carbocycles. The first-order valence-corrected chi connectivity index (χ1v) is 5.87. The lowest BCUT2D eigenvalue weighted by Crippen LogP contribution is -1.93. The van der Waals surface area contributed by atoms with Crippen LogP contribution in [-0.2, 0) is 0 Å². The van der Waals surface area contributed by atoms with E-state index in [1.807, 2.05) is 0 Å². The Morgan fingerprint density at radius 3 is 2.20 bits per heavy atom. The zero-order valence-electron chi connectivity index (χ0n) is 10.4. The van der Waals surface area contributed by atoms with Gasteiger partial charge < -0.3 is 25.5 Å². The third-order valence-corrected chi connectivity index (χ3v) is 2.80.